The molecule has 0 aromatic heterocycles. The van der Waals surface area contributed by atoms with Crippen molar-refractivity contribution in [2.75, 3.05) is 25.6 Å². The van der Waals surface area contributed by atoms with E-state index >= 15 is 0 Å². The number of amides is 1. The minimum atomic E-state index is -0.524. The average Bonchev–Trinajstić information content (AvgIpc) is 2.76. The van der Waals surface area contributed by atoms with Crippen molar-refractivity contribution in [3.05, 3.63) is 89.7 Å². The largest absolute Gasteiger partial charge is 0.486 e. The van der Waals surface area contributed by atoms with Crippen LogP contribution in [0.2, 0.25) is 0 Å². The molecule has 1 N–H and O–H groups in total. The maximum atomic E-state index is 13.2. The van der Waals surface area contributed by atoms with Crippen LogP contribution in [0.15, 0.2) is 72.8 Å². The molecule has 0 fully saturated rings. The van der Waals surface area contributed by atoms with Gasteiger partial charge in [0.2, 0.25) is 5.91 Å². The van der Waals surface area contributed by atoms with Crippen LogP contribution in [0.4, 0.5) is 10.1 Å². The monoisotopic (exact) mass is 406 g/mol. The Kier molecular flexibility index (Phi) is 5.95. The number of nitrogens with one attached hydrogen (secondary N) is 1. The predicted octanol–water partition coefficient (Wildman–Crippen LogP) is 4.41. The van der Waals surface area contributed by atoms with Crippen LogP contribution >= 0.6 is 0 Å². The zero-order valence-electron chi connectivity index (χ0n) is 16.7. The molecule has 4 rings (SSSR count). The fourth-order valence-corrected chi connectivity index (χ4v) is 3.55. The number of rotatable bonds is 6. The molecule has 0 spiro atoms. The molecule has 30 heavy (non-hydrogen) atoms. The molecule has 3 aromatic rings. The van der Waals surface area contributed by atoms with Gasteiger partial charge in [0.15, 0.2) is 11.5 Å². The molecule has 1 aliphatic rings. The number of anilines is 1. The standard InChI is InChI=1S/C24H23FN2O3/c1-27(16-17-7-12-21-22(15-17)30-14-13-29-21)23(18-5-3-2-4-6-18)24(28)26-20-10-8-19(25)9-11-20/h2-12,15,23H,13-14,16H2,1H3,(H,26,28)/t23-/m1/s1. The fraction of sp³-hybridized carbons (Fsp3) is 0.208. The molecule has 1 amide bonds. The number of carbonyl (C=O) groups is 1. The summed E-state index contributed by atoms with van der Waals surface area (Å²) in [5, 5.41) is 2.89. The van der Waals surface area contributed by atoms with Gasteiger partial charge in [0, 0.05) is 12.2 Å². The Bertz CT molecular complexity index is 1010. The van der Waals surface area contributed by atoms with Gasteiger partial charge in [-0.05, 0) is 54.6 Å². The number of halogens is 1. The van der Waals surface area contributed by atoms with Gasteiger partial charge in [0.1, 0.15) is 25.1 Å². The van der Waals surface area contributed by atoms with Crippen molar-refractivity contribution in [2.45, 2.75) is 12.6 Å². The van der Waals surface area contributed by atoms with Crippen LogP contribution in [0.5, 0.6) is 11.5 Å². The Morgan fingerprint density at radius 3 is 2.43 bits per heavy atom. The Morgan fingerprint density at radius 2 is 1.70 bits per heavy atom. The zero-order chi connectivity index (χ0) is 20.9. The zero-order valence-corrected chi connectivity index (χ0v) is 16.7. The highest BCUT2D eigenvalue weighted by Gasteiger charge is 2.26. The van der Waals surface area contributed by atoms with E-state index in [2.05, 4.69) is 5.32 Å². The molecule has 0 saturated carbocycles. The number of hydrogen-bond donors (Lipinski definition) is 1. The molecule has 6 heteroatoms. The number of carbonyl (C=O) groups excluding carboxylic acids is 1. The molecule has 0 aliphatic carbocycles. The first-order chi connectivity index (χ1) is 14.6. The minimum Gasteiger partial charge on any atom is -0.486 e. The van der Waals surface area contributed by atoms with Crippen LogP contribution in [0, 0.1) is 5.82 Å². The van der Waals surface area contributed by atoms with E-state index < -0.39 is 6.04 Å². The molecule has 3 aromatic carbocycles. The lowest BCUT2D eigenvalue weighted by molar-refractivity contribution is -0.121. The second-order valence-corrected chi connectivity index (χ2v) is 7.20. The van der Waals surface area contributed by atoms with Crippen molar-refractivity contribution in [3.63, 3.8) is 0 Å². The topological polar surface area (TPSA) is 50.8 Å². The molecular formula is C24H23FN2O3. The molecule has 1 heterocycles. The fourth-order valence-electron chi connectivity index (χ4n) is 3.55. The molecule has 0 radical (unpaired) electrons. The molecule has 0 unspecified atom stereocenters. The van der Waals surface area contributed by atoms with Gasteiger partial charge in [0.05, 0.1) is 0 Å². The number of fused-ring (bicyclic) bond motifs is 1. The number of nitrogens with zero attached hydrogens (tertiary/aromatic N) is 1. The van der Waals surface area contributed by atoms with Crippen LogP contribution < -0.4 is 14.8 Å². The van der Waals surface area contributed by atoms with Gasteiger partial charge in [0.25, 0.3) is 0 Å². The van der Waals surface area contributed by atoms with Crippen molar-refractivity contribution in [3.8, 4) is 11.5 Å². The first-order valence-corrected chi connectivity index (χ1v) is 9.80. The summed E-state index contributed by atoms with van der Waals surface area (Å²) in [6, 6.07) is 20.6. The van der Waals surface area contributed by atoms with Gasteiger partial charge < -0.3 is 14.8 Å². The normalized spacial score (nSPS) is 13.7. The first kappa shape index (κ1) is 19.9. The number of likely N-dealkylation sites (N-methyl/N-ethyl adjacent to an activating group) is 1. The van der Waals surface area contributed by atoms with Crippen molar-refractivity contribution in [1.29, 1.82) is 0 Å². The van der Waals surface area contributed by atoms with Gasteiger partial charge >= 0.3 is 0 Å². The molecule has 1 aliphatic heterocycles. The summed E-state index contributed by atoms with van der Waals surface area (Å²) in [7, 11) is 1.90. The van der Waals surface area contributed by atoms with Gasteiger partial charge in [-0.25, -0.2) is 4.39 Å². The van der Waals surface area contributed by atoms with Crippen LogP contribution in [0.1, 0.15) is 17.2 Å². The first-order valence-electron chi connectivity index (χ1n) is 9.80. The average molecular weight is 406 g/mol. The van der Waals surface area contributed by atoms with Crippen LogP contribution in [-0.2, 0) is 11.3 Å². The molecule has 0 saturated heterocycles. The summed E-state index contributed by atoms with van der Waals surface area (Å²) in [6.45, 7) is 1.61. The molecule has 0 bridgehead atoms. The highest BCUT2D eigenvalue weighted by atomic mass is 19.1. The van der Waals surface area contributed by atoms with Crippen LogP contribution in [0.25, 0.3) is 0 Å². The SMILES string of the molecule is CN(Cc1ccc2c(c1)OCCO2)[C@@H](C(=O)Nc1ccc(F)cc1)c1ccccc1. The minimum absolute atomic E-state index is 0.187. The Hall–Kier alpha value is -3.38. The Morgan fingerprint density at radius 1 is 1.00 bits per heavy atom. The van der Waals surface area contributed by atoms with E-state index in [0.29, 0.717) is 25.4 Å². The third kappa shape index (κ3) is 4.60. The Labute approximate surface area is 175 Å². The van der Waals surface area contributed by atoms with E-state index in [4.69, 9.17) is 9.47 Å². The second-order valence-electron chi connectivity index (χ2n) is 7.20. The smallest absolute Gasteiger partial charge is 0.246 e. The Balaban J connectivity index is 1.56. The maximum Gasteiger partial charge on any atom is 0.246 e. The van der Waals surface area contributed by atoms with E-state index in [-0.39, 0.29) is 11.7 Å². The van der Waals surface area contributed by atoms with Crippen molar-refractivity contribution in [1.82, 2.24) is 4.90 Å². The van der Waals surface area contributed by atoms with Gasteiger partial charge in [-0.2, -0.15) is 0 Å². The number of ether oxygens (including phenoxy) is 2. The van der Waals surface area contributed by atoms with Gasteiger partial charge in [-0.3, -0.25) is 9.69 Å². The van der Waals surface area contributed by atoms with Crippen LogP contribution in [0.3, 0.4) is 0 Å². The van der Waals surface area contributed by atoms with Crippen molar-refractivity contribution >= 4 is 11.6 Å². The highest BCUT2D eigenvalue weighted by Crippen LogP contribution is 2.32. The van der Waals surface area contributed by atoms with Crippen molar-refractivity contribution in [2.24, 2.45) is 0 Å². The van der Waals surface area contributed by atoms with Gasteiger partial charge in [-0.15, -0.1) is 0 Å². The lowest BCUT2D eigenvalue weighted by atomic mass is 10.0. The van der Waals surface area contributed by atoms with E-state index in [9.17, 15) is 9.18 Å². The van der Waals surface area contributed by atoms with Crippen molar-refractivity contribution < 1.29 is 18.7 Å². The summed E-state index contributed by atoms with van der Waals surface area (Å²) in [6.07, 6.45) is 0. The molecular weight excluding hydrogens is 383 g/mol. The molecule has 1 atom stereocenters. The van der Waals surface area contributed by atoms with E-state index in [1.54, 1.807) is 12.1 Å². The van der Waals surface area contributed by atoms with E-state index in [1.165, 1.54) is 12.1 Å². The van der Waals surface area contributed by atoms with Crippen LogP contribution in [-0.4, -0.2) is 31.1 Å². The summed E-state index contributed by atoms with van der Waals surface area (Å²) in [5.74, 6) is 0.927. The quantitative estimate of drug-likeness (QED) is 0.659. The highest BCUT2D eigenvalue weighted by molar-refractivity contribution is 5.95. The maximum absolute atomic E-state index is 13.2. The second kappa shape index (κ2) is 8.97. The third-order valence-electron chi connectivity index (χ3n) is 4.95. The predicted molar refractivity (Wildman–Crippen MR) is 113 cm³/mol. The summed E-state index contributed by atoms with van der Waals surface area (Å²) in [5.41, 5.74) is 2.43. The molecule has 154 valence electrons. The van der Waals surface area contributed by atoms with E-state index in [1.807, 2.05) is 60.5 Å². The summed E-state index contributed by atoms with van der Waals surface area (Å²) < 4.78 is 24.5. The molecule has 5 nitrogen and oxygen atoms in total. The summed E-state index contributed by atoms with van der Waals surface area (Å²) >= 11 is 0. The third-order valence-corrected chi connectivity index (χ3v) is 4.95. The van der Waals surface area contributed by atoms with Gasteiger partial charge in [-0.1, -0.05) is 36.4 Å². The lowest BCUT2D eigenvalue weighted by Crippen LogP contribution is -2.34. The summed E-state index contributed by atoms with van der Waals surface area (Å²) in [4.78, 5) is 15.1. The number of hydrogen-bond acceptors (Lipinski definition) is 4. The van der Waals surface area contributed by atoms with E-state index in [0.717, 1.165) is 22.6 Å². The lowest BCUT2D eigenvalue weighted by Gasteiger charge is -2.28. The number of benzene rings is 3.